The van der Waals surface area contributed by atoms with Crippen molar-refractivity contribution < 1.29 is 9.31 Å². The summed E-state index contributed by atoms with van der Waals surface area (Å²) in [6.07, 6.45) is 3.67. The molecule has 8 heteroatoms. The number of nitrogens with one attached hydrogen (secondary N) is 1. The molecule has 0 radical (unpaired) electrons. The maximum absolute atomic E-state index is 14.4. The van der Waals surface area contributed by atoms with Gasteiger partial charge in [-0.3, -0.25) is 10.1 Å². The fraction of sp³-hybridized carbons (Fsp3) is 0.389. The first-order valence-corrected chi connectivity index (χ1v) is 8.74. The second kappa shape index (κ2) is 7.07. The van der Waals surface area contributed by atoms with Crippen molar-refractivity contribution in [1.82, 2.24) is 4.98 Å². The Morgan fingerprint density at radius 1 is 1.38 bits per heavy atom. The van der Waals surface area contributed by atoms with Gasteiger partial charge in [-0.25, -0.2) is 9.37 Å². The monoisotopic (exact) mass is 378 g/mol. The third-order valence-electron chi connectivity index (χ3n) is 4.61. The van der Waals surface area contributed by atoms with Crippen LogP contribution in [0.4, 0.5) is 21.6 Å². The van der Waals surface area contributed by atoms with Gasteiger partial charge in [-0.15, -0.1) is 0 Å². The number of hydrogen-bond donors (Lipinski definition) is 1. The molecule has 1 aromatic heterocycles. The molecule has 26 heavy (non-hydrogen) atoms. The van der Waals surface area contributed by atoms with Gasteiger partial charge in [0.2, 0.25) is 5.82 Å². The Morgan fingerprint density at radius 3 is 2.65 bits per heavy atom. The van der Waals surface area contributed by atoms with E-state index in [0.717, 1.165) is 12.8 Å². The van der Waals surface area contributed by atoms with Gasteiger partial charge in [-0.1, -0.05) is 11.6 Å². The third-order valence-corrected chi connectivity index (χ3v) is 4.92. The normalized spacial score (nSPS) is 14.8. The molecule has 1 aromatic carbocycles. The Hall–Kier alpha value is -2.41. The van der Waals surface area contributed by atoms with Crippen LogP contribution in [0.2, 0.25) is 5.02 Å². The first-order valence-electron chi connectivity index (χ1n) is 8.36. The van der Waals surface area contributed by atoms with E-state index >= 15 is 0 Å². The molecule has 138 valence electrons. The molecule has 1 fully saturated rings. The number of hydrogen-bond acceptors (Lipinski definition) is 5. The number of rotatable bonds is 6. The largest absolute Gasteiger partial charge is 0.375 e. The number of pyridine rings is 1. The Morgan fingerprint density at radius 2 is 2.08 bits per heavy atom. The van der Waals surface area contributed by atoms with Crippen LogP contribution in [0.1, 0.15) is 19.8 Å². The Labute approximate surface area is 156 Å². The summed E-state index contributed by atoms with van der Waals surface area (Å²) in [6, 6.07) is 4.27. The van der Waals surface area contributed by atoms with Crippen molar-refractivity contribution in [2.75, 3.05) is 24.3 Å². The molecule has 2 aromatic rings. The highest BCUT2D eigenvalue weighted by molar-refractivity contribution is 6.33. The summed E-state index contributed by atoms with van der Waals surface area (Å²) in [5, 5.41) is 15.1. The number of nitrogens with zero attached hydrogens (tertiary/aromatic N) is 3. The lowest BCUT2D eigenvalue weighted by atomic mass is 10.0. The van der Waals surface area contributed by atoms with Gasteiger partial charge >= 0.3 is 5.69 Å². The molecule has 1 N–H and O–H groups in total. The summed E-state index contributed by atoms with van der Waals surface area (Å²) >= 11 is 6.32. The lowest BCUT2D eigenvalue weighted by Crippen LogP contribution is -2.19. The van der Waals surface area contributed by atoms with Crippen LogP contribution >= 0.6 is 11.6 Å². The molecule has 0 bridgehead atoms. The maximum Gasteiger partial charge on any atom is 0.319 e. The Bertz CT molecular complexity index is 855. The summed E-state index contributed by atoms with van der Waals surface area (Å²) in [4.78, 5) is 17.0. The minimum Gasteiger partial charge on any atom is -0.375 e. The van der Waals surface area contributed by atoms with Crippen molar-refractivity contribution in [2.24, 2.45) is 5.92 Å². The van der Waals surface area contributed by atoms with E-state index in [0.29, 0.717) is 11.6 Å². The predicted molar refractivity (Wildman–Crippen MR) is 101 cm³/mol. The zero-order chi connectivity index (χ0) is 19.0. The van der Waals surface area contributed by atoms with E-state index in [1.807, 2.05) is 6.92 Å². The lowest BCUT2D eigenvalue weighted by molar-refractivity contribution is -0.383. The van der Waals surface area contributed by atoms with Gasteiger partial charge in [-0.05, 0) is 43.9 Å². The Balaban J connectivity index is 2.10. The summed E-state index contributed by atoms with van der Waals surface area (Å²) in [6.45, 7) is 1.98. The van der Waals surface area contributed by atoms with Crippen LogP contribution in [-0.4, -0.2) is 30.0 Å². The van der Waals surface area contributed by atoms with E-state index in [2.05, 4.69) is 10.3 Å². The predicted octanol–water partition coefficient (Wildman–Crippen LogP) is 4.73. The topological polar surface area (TPSA) is 71.3 Å². The molecule has 1 heterocycles. The summed E-state index contributed by atoms with van der Waals surface area (Å²) < 4.78 is 14.4. The Kier molecular flexibility index (Phi) is 5.00. The summed E-state index contributed by atoms with van der Waals surface area (Å²) in [5.41, 5.74) is 0.630. The zero-order valence-corrected chi connectivity index (χ0v) is 15.5. The minimum absolute atomic E-state index is 0.0831. The van der Waals surface area contributed by atoms with Crippen molar-refractivity contribution in [3.8, 4) is 11.1 Å². The van der Waals surface area contributed by atoms with E-state index in [-0.39, 0.29) is 33.7 Å². The van der Waals surface area contributed by atoms with Crippen molar-refractivity contribution in [3.05, 3.63) is 45.4 Å². The molecular formula is C18H20ClFN4O2. The van der Waals surface area contributed by atoms with Gasteiger partial charge in [0.25, 0.3) is 0 Å². The second-order valence-corrected chi connectivity index (χ2v) is 7.17. The molecule has 0 amide bonds. The van der Waals surface area contributed by atoms with Gasteiger partial charge in [0.1, 0.15) is 5.82 Å². The van der Waals surface area contributed by atoms with Crippen LogP contribution in [0.3, 0.4) is 0 Å². The van der Waals surface area contributed by atoms with Crippen molar-refractivity contribution in [1.29, 1.82) is 0 Å². The minimum atomic E-state index is -0.502. The number of halogens is 2. The van der Waals surface area contributed by atoms with Crippen LogP contribution in [0.5, 0.6) is 0 Å². The first-order chi connectivity index (χ1) is 12.3. The molecule has 0 unspecified atom stereocenters. The highest BCUT2D eigenvalue weighted by Gasteiger charge is 2.31. The van der Waals surface area contributed by atoms with Gasteiger partial charge in [0.15, 0.2) is 0 Å². The summed E-state index contributed by atoms with van der Waals surface area (Å²) in [7, 11) is 3.40. The number of benzene rings is 1. The van der Waals surface area contributed by atoms with E-state index < -0.39 is 10.7 Å². The van der Waals surface area contributed by atoms with Crippen LogP contribution in [0.15, 0.2) is 24.4 Å². The average molecular weight is 379 g/mol. The highest BCUT2D eigenvalue weighted by atomic mass is 35.5. The van der Waals surface area contributed by atoms with E-state index in [1.54, 1.807) is 19.0 Å². The van der Waals surface area contributed by atoms with E-state index in [1.165, 1.54) is 24.4 Å². The number of aromatic nitrogens is 1. The molecular weight excluding hydrogens is 359 g/mol. The molecule has 0 saturated heterocycles. The molecule has 1 aliphatic carbocycles. The van der Waals surface area contributed by atoms with Gasteiger partial charge in [0.05, 0.1) is 21.2 Å². The zero-order valence-electron chi connectivity index (χ0n) is 14.8. The molecule has 1 aliphatic rings. The van der Waals surface area contributed by atoms with Crippen LogP contribution in [-0.2, 0) is 0 Å². The fourth-order valence-electron chi connectivity index (χ4n) is 2.98. The molecule has 1 saturated carbocycles. The SMILES string of the molecule is C[C@@H](Nc1nccc(-c2cc(F)c(N(C)C)cc2Cl)c1[N+](=O)[O-])C1CC1. The quantitative estimate of drug-likeness (QED) is 0.581. The number of nitro groups is 1. The highest BCUT2D eigenvalue weighted by Crippen LogP contribution is 2.41. The van der Waals surface area contributed by atoms with Gasteiger partial charge < -0.3 is 10.2 Å². The van der Waals surface area contributed by atoms with Gasteiger partial charge in [0, 0.05) is 31.9 Å². The smallest absolute Gasteiger partial charge is 0.319 e. The molecule has 0 spiro atoms. The second-order valence-electron chi connectivity index (χ2n) is 6.76. The summed E-state index contributed by atoms with van der Waals surface area (Å²) in [5.74, 6) is 0.182. The molecule has 0 aliphatic heterocycles. The molecule has 1 atom stereocenters. The van der Waals surface area contributed by atoms with E-state index in [9.17, 15) is 14.5 Å². The van der Waals surface area contributed by atoms with Crippen LogP contribution in [0.25, 0.3) is 11.1 Å². The fourth-order valence-corrected chi connectivity index (χ4v) is 3.24. The maximum atomic E-state index is 14.4. The standard InChI is InChI=1S/C18H20ClFN4O2/c1-10(11-4-5-11)22-18-17(24(25)26)12(6-7-21-18)13-8-15(20)16(23(2)3)9-14(13)19/h6-11H,4-5H2,1-3H3,(H,21,22)/t10-/m1/s1. The molecule has 3 rings (SSSR count). The van der Waals surface area contributed by atoms with Crippen molar-refractivity contribution in [2.45, 2.75) is 25.8 Å². The number of anilines is 2. The van der Waals surface area contributed by atoms with Crippen molar-refractivity contribution in [3.63, 3.8) is 0 Å². The van der Waals surface area contributed by atoms with Gasteiger partial charge in [-0.2, -0.15) is 0 Å². The lowest BCUT2D eigenvalue weighted by Gasteiger charge is -2.17. The molecule has 6 nitrogen and oxygen atoms in total. The average Bonchev–Trinajstić information content (AvgIpc) is 3.41. The van der Waals surface area contributed by atoms with Crippen LogP contribution < -0.4 is 10.2 Å². The van der Waals surface area contributed by atoms with Crippen LogP contribution in [0, 0.1) is 21.8 Å². The van der Waals surface area contributed by atoms with Crippen molar-refractivity contribution >= 4 is 28.8 Å². The first kappa shape index (κ1) is 18.4. The van der Waals surface area contributed by atoms with E-state index in [4.69, 9.17) is 11.6 Å². The third kappa shape index (κ3) is 3.58.